The van der Waals surface area contributed by atoms with Crippen LogP contribution in [-0.4, -0.2) is 53.3 Å². The SMILES string of the molecule is CCOc1nc(C2CCOCC2)nc2nc(N3CCC[C@@H]3C(=O)NCc3ccccc3)sc12. The monoisotopic (exact) mass is 467 g/mol. The van der Waals surface area contributed by atoms with E-state index in [1.54, 1.807) is 0 Å². The molecule has 2 fully saturated rings. The second-order valence-electron chi connectivity index (χ2n) is 8.41. The Balaban J connectivity index is 1.38. The average molecular weight is 468 g/mol. The van der Waals surface area contributed by atoms with Gasteiger partial charge in [-0.25, -0.2) is 4.98 Å². The molecular weight excluding hydrogens is 438 g/mol. The van der Waals surface area contributed by atoms with Crippen molar-refractivity contribution in [2.75, 3.05) is 31.3 Å². The number of ether oxygens (including phenoxy) is 2. The fourth-order valence-electron chi connectivity index (χ4n) is 4.47. The Bertz CT molecular complexity index is 1100. The molecule has 2 aliphatic rings. The second kappa shape index (κ2) is 10.0. The van der Waals surface area contributed by atoms with Crippen LogP contribution in [0.4, 0.5) is 5.13 Å². The summed E-state index contributed by atoms with van der Waals surface area (Å²) >= 11 is 1.51. The molecule has 2 saturated heterocycles. The first-order valence-electron chi connectivity index (χ1n) is 11.7. The number of hydrogen-bond acceptors (Lipinski definition) is 8. The lowest BCUT2D eigenvalue weighted by atomic mass is 9.99. The van der Waals surface area contributed by atoms with E-state index >= 15 is 0 Å². The highest BCUT2D eigenvalue weighted by atomic mass is 32.1. The molecule has 0 spiro atoms. The molecule has 1 atom stereocenters. The van der Waals surface area contributed by atoms with Crippen LogP contribution in [0.15, 0.2) is 30.3 Å². The van der Waals surface area contributed by atoms with E-state index in [1.165, 1.54) is 11.3 Å². The van der Waals surface area contributed by atoms with Crippen molar-refractivity contribution in [1.82, 2.24) is 20.3 Å². The second-order valence-corrected chi connectivity index (χ2v) is 9.39. The van der Waals surface area contributed by atoms with Gasteiger partial charge in [0.1, 0.15) is 16.6 Å². The normalized spacial score (nSPS) is 19.2. The molecule has 0 aliphatic carbocycles. The molecule has 9 heteroatoms. The quantitative estimate of drug-likeness (QED) is 0.567. The van der Waals surface area contributed by atoms with Gasteiger partial charge in [-0.3, -0.25) is 4.79 Å². The Kier molecular flexibility index (Phi) is 6.68. The maximum Gasteiger partial charge on any atom is 0.243 e. The minimum Gasteiger partial charge on any atom is -0.477 e. The van der Waals surface area contributed by atoms with Crippen molar-refractivity contribution in [2.24, 2.45) is 0 Å². The number of nitrogens with zero attached hydrogens (tertiary/aromatic N) is 4. The number of nitrogens with one attached hydrogen (secondary N) is 1. The third-order valence-corrected chi connectivity index (χ3v) is 7.28. The maximum atomic E-state index is 13.0. The summed E-state index contributed by atoms with van der Waals surface area (Å²) in [6.45, 7) is 5.27. The Hall–Kier alpha value is -2.78. The van der Waals surface area contributed by atoms with E-state index < -0.39 is 0 Å². The number of carbonyl (C=O) groups excluding carboxylic acids is 1. The molecule has 0 saturated carbocycles. The molecular formula is C24H29N5O3S. The Labute approximate surface area is 197 Å². The first-order valence-corrected chi connectivity index (χ1v) is 12.5. The zero-order valence-corrected chi connectivity index (χ0v) is 19.6. The number of aromatic nitrogens is 3. The van der Waals surface area contributed by atoms with E-state index in [1.807, 2.05) is 37.3 Å². The van der Waals surface area contributed by atoms with Crippen LogP contribution in [0, 0.1) is 0 Å². The van der Waals surface area contributed by atoms with Crippen molar-refractivity contribution in [3.8, 4) is 5.88 Å². The highest BCUT2D eigenvalue weighted by molar-refractivity contribution is 7.22. The summed E-state index contributed by atoms with van der Waals surface area (Å²) in [5.41, 5.74) is 1.75. The first kappa shape index (κ1) is 22.0. The average Bonchev–Trinajstić information content (AvgIpc) is 3.51. The molecule has 5 rings (SSSR count). The Morgan fingerprint density at radius 2 is 2.00 bits per heavy atom. The number of benzene rings is 1. The van der Waals surface area contributed by atoms with Crippen LogP contribution in [0.25, 0.3) is 10.3 Å². The standard InChI is InChI=1S/C24H29N5O3S/c1-2-32-23-19-21(26-20(27-23)17-10-13-31-14-11-17)28-24(33-19)29-12-6-9-18(29)22(30)25-15-16-7-4-3-5-8-16/h3-5,7-8,17-18H,2,6,9-15H2,1H3,(H,25,30)/t18-/m1/s1. The van der Waals surface area contributed by atoms with Gasteiger partial charge in [0.15, 0.2) is 10.8 Å². The summed E-state index contributed by atoms with van der Waals surface area (Å²) in [6.07, 6.45) is 3.58. The van der Waals surface area contributed by atoms with Gasteiger partial charge in [0.25, 0.3) is 0 Å². The largest absolute Gasteiger partial charge is 0.477 e. The summed E-state index contributed by atoms with van der Waals surface area (Å²) < 4.78 is 12.2. The molecule has 4 heterocycles. The van der Waals surface area contributed by atoms with Crippen molar-refractivity contribution in [2.45, 2.75) is 51.1 Å². The van der Waals surface area contributed by atoms with Crippen LogP contribution in [-0.2, 0) is 16.1 Å². The molecule has 1 amide bonds. The topological polar surface area (TPSA) is 89.5 Å². The van der Waals surface area contributed by atoms with E-state index in [9.17, 15) is 4.79 Å². The van der Waals surface area contributed by atoms with Gasteiger partial charge in [0.2, 0.25) is 11.8 Å². The van der Waals surface area contributed by atoms with Crippen LogP contribution in [0.3, 0.4) is 0 Å². The zero-order valence-electron chi connectivity index (χ0n) is 18.8. The number of rotatable bonds is 7. The molecule has 2 aromatic heterocycles. The summed E-state index contributed by atoms with van der Waals surface area (Å²) in [5.74, 6) is 1.67. The predicted octanol–water partition coefficient (Wildman–Crippen LogP) is 3.66. The summed E-state index contributed by atoms with van der Waals surface area (Å²) in [6, 6.07) is 9.75. The van der Waals surface area contributed by atoms with Gasteiger partial charge in [-0.1, -0.05) is 41.7 Å². The number of amides is 1. The molecule has 8 nitrogen and oxygen atoms in total. The lowest BCUT2D eigenvalue weighted by molar-refractivity contribution is -0.122. The smallest absolute Gasteiger partial charge is 0.243 e. The van der Waals surface area contributed by atoms with Crippen molar-refractivity contribution in [3.05, 3.63) is 41.7 Å². The van der Waals surface area contributed by atoms with E-state index in [2.05, 4.69) is 10.2 Å². The van der Waals surface area contributed by atoms with Gasteiger partial charge in [-0.2, -0.15) is 9.97 Å². The van der Waals surface area contributed by atoms with E-state index in [0.29, 0.717) is 24.7 Å². The van der Waals surface area contributed by atoms with Crippen molar-refractivity contribution < 1.29 is 14.3 Å². The number of fused-ring (bicyclic) bond motifs is 1. The van der Waals surface area contributed by atoms with Crippen LogP contribution < -0.4 is 15.0 Å². The van der Waals surface area contributed by atoms with E-state index in [4.69, 9.17) is 24.4 Å². The summed E-state index contributed by atoms with van der Waals surface area (Å²) in [4.78, 5) is 29.5. The first-order chi connectivity index (χ1) is 16.2. The third kappa shape index (κ3) is 4.79. The van der Waals surface area contributed by atoms with Crippen molar-refractivity contribution >= 4 is 32.7 Å². The van der Waals surface area contributed by atoms with Crippen LogP contribution >= 0.6 is 11.3 Å². The Morgan fingerprint density at radius 3 is 2.79 bits per heavy atom. The third-order valence-electron chi connectivity index (χ3n) is 6.21. The van der Waals surface area contributed by atoms with E-state index in [-0.39, 0.29) is 17.9 Å². The van der Waals surface area contributed by atoms with Gasteiger partial charge in [0.05, 0.1) is 6.61 Å². The minimum absolute atomic E-state index is 0.0367. The van der Waals surface area contributed by atoms with Crippen LogP contribution in [0.2, 0.25) is 0 Å². The molecule has 0 radical (unpaired) electrons. The fraction of sp³-hybridized carbons (Fsp3) is 0.500. The van der Waals surface area contributed by atoms with Crippen molar-refractivity contribution in [1.29, 1.82) is 0 Å². The highest BCUT2D eigenvalue weighted by Gasteiger charge is 2.33. The molecule has 1 aromatic carbocycles. The van der Waals surface area contributed by atoms with Gasteiger partial charge < -0.3 is 19.7 Å². The molecule has 174 valence electrons. The number of anilines is 1. The molecule has 1 N–H and O–H groups in total. The van der Waals surface area contributed by atoms with Gasteiger partial charge in [-0.15, -0.1) is 0 Å². The highest BCUT2D eigenvalue weighted by Crippen LogP contribution is 2.38. The number of thiazole rings is 1. The summed E-state index contributed by atoms with van der Waals surface area (Å²) in [5, 5.41) is 3.90. The number of carbonyl (C=O) groups is 1. The molecule has 3 aromatic rings. The van der Waals surface area contributed by atoms with Crippen LogP contribution in [0.5, 0.6) is 5.88 Å². The number of hydrogen-bond donors (Lipinski definition) is 1. The molecule has 33 heavy (non-hydrogen) atoms. The Morgan fingerprint density at radius 1 is 1.18 bits per heavy atom. The van der Waals surface area contributed by atoms with Gasteiger partial charge in [-0.05, 0) is 38.2 Å². The molecule has 2 aliphatic heterocycles. The summed E-state index contributed by atoms with van der Waals surface area (Å²) in [7, 11) is 0. The van der Waals surface area contributed by atoms with Gasteiger partial charge >= 0.3 is 0 Å². The molecule has 0 bridgehead atoms. The van der Waals surface area contributed by atoms with Gasteiger partial charge in [0, 0.05) is 32.2 Å². The molecule has 0 unspecified atom stereocenters. The van der Waals surface area contributed by atoms with Crippen molar-refractivity contribution in [3.63, 3.8) is 0 Å². The predicted molar refractivity (Wildman–Crippen MR) is 128 cm³/mol. The zero-order chi connectivity index (χ0) is 22.6. The minimum atomic E-state index is -0.229. The maximum absolute atomic E-state index is 13.0. The van der Waals surface area contributed by atoms with Crippen LogP contribution in [0.1, 0.15) is 49.9 Å². The lowest BCUT2D eigenvalue weighted by Gasteiger charge is -2.23. The van der Waals surface area contributed by atoms with E-state index in [0.717, 1.165) is 66.7 Å². The fourth-order valence-corrected chi connectivity index (χ4v) is 5.50. The lowest BCUT2D eigenvalue weighted by Crippen LogP contribution is -2.43.